The summed E-state index contributed by atoms with van der Waals surface area (Å²) < 4.78 is 10.6. The standard InChI is InChI=1S/C19H40O3/c1-2-3-4-5-6-7-8-9-10-11-12-13-14-16-21-18-19-22-17-15-20/h20H,2-19H2,1H3. The summed E-state index contributed by atoms with van der Waals surface area (Å²) in [6.07, 6.45) is 18.0. The molecule has 22 heavy (non-hydrogen) atoms. The van der Waals surface area contributed by atoms with Crippen molar-refractivity contribution in [2.24, 2.45) is 0 Å². The molecule has 0 aliphatic carbocycles. The Morgan fingerprint density at radius 2 is 0.909 bits per heavy atom. The molecule has 0 saturated heterocycles. The lowest BCUT2D eigenvalue weighted by Crippen LogP contribution is -2.07. The highest BCUT2D eigenvalue weighted by Crippen LogP contribution is 2.12. The molecule has 134 valence electrons. The monoisotopic (exact) mass is 316 g/mol. The second kappa shape index (κ2) is 20.9. The molecule has 0 aromatic carbocycles. The fourth-order valence-electron chi connectivity index (χ4n) is 2.61. The Hall–Kier alpha value is -0.120. The summed E-state index contributed by atoms with van der Waals surface area (Å²) in [4.78, 5) is 0. The third kappa shape index (κ3) is 19.9. The molecule has 0 radical (unpaired) electrons. The summed E-state index contributed by atoms with van der Waals surface area (Å²) in [5.74, 6) is 0. The van der Waals surface area contributed by atoms with Crippen molar-refractivity contribution in [1.82, 2.24) is 0 Å². The molecule has 3 nitrogen and oxygen atoms in total. The summed E-state index contributed by atoms with van der Waals surface area (Å²) in [5.41, 5.74) is 0. The molecule has 0 spiro atoms. The van der Waals surface area contributed by atoms with Gasteiger partial charge in [-0.1, -0.05) is 84.0 Å². The third-order valence-electron chi connectivity index (χ3n) is 4.00. The molecule has 3 heteroatoms. The van der Waals surface area contributed by atoms with Gasteiger partial charge in [-0.05, 0) is 6.42 Å². The van der Waals surface area contributed by atoms with Gasteiger partial charge in [-0.25, -0.2) is 0 Å². The maximum Gasteiger partial charge on any atom is 0.0701 e. The van der Waals surface area contributed by atoms with Crippen LogP contribution in [0.2, 0.25) is 0 Å². The first-order valence-electron chi connectivity index (χ1n) is 9.68. The molecule has 0 bridgehead atoms. The quantitative estimate of drug-likeness (QED) is 0.337. The Bertz CT molecular complexity index is 166. The van der Waals surface area contributed by atoms with E-state index in [1.807, 2.05) is 0 Å². The fourth-order valence-corrected chi connectivity index (χ4v) is 2.61. The molecule has 0 aromatic heterocycles. The van der Waals surface area contributed by atoms with Crippen molar-refractivity contribution in [3.05, 3.63) is 0 Å². The van der Waals surface area contributed by atoms with E-state index in [1.165, 1.54) is 77.0 Å². The van der Waals surface area contributed by atoms with Crippen molar-refractivity contribution in [3.8, 4) is 0 Å². The summed E-state index contributed by atoms with van der Waals surface area (Å²) in [6.45, 7) is 4.89. The van der Waals surface area contributed by atoms with Crippen LogP contribution in [0.15, 0.2) is 0 Å². The SMILES string of the molecule is CCCCCCCCCCCCCCCOCCOCCO. The van der Waals surface area contributed by atoms with E-state index >= 15 is 0 Å². The summed E-state index contributed by atoms with van der Waals surface area (Å²) in [7, 11) is 0. The third-order valence-corrected chi connectivity index (χ3v) is 4.00. The topological polar surface area (TPSA) is 38.7 Å². The molecular weight excluding hydrogens is 276 g/mol. The molecule has 0 amide bonds. The van der Waals surface area contributed by atoms with Gasteiger partial charge in [0.15, 0.2) is 0 Å². The van der Waals surface area contributed by atoms with Gasteiger partial charge in [-0.15, -0.1) is 0 Å². The van der Waals surface area contributed by atoms with Gasteiger partial charge < -0.3 is 14.6 Å². The molecular formula is C19H40O3. The zero-order valence-electron chi connectivity index (χ0n) is 15.0. The number of ether oxygens (including phenoxy) is 2. The van der Waals surface area contributed by atoms with Crippen LogP contribution < -0.4 is 0 Å². The van der Waals surface area contributed by atoms with E-state index in [0.29, 0.717) is 19.8 Å². The van der Waals surface area contributed by atoms with Crippen LogP contribution in [-0.4, -0.2) is 38.1 Å². The van der Waals surface area contributed by atoms with E-state index in [-0.39, 0.29) is 6.61 Å². The summed E-state index contributed by atoms with van der Waals surface area (Å²) in [5, 5.41) is 8.54. The average molecular weight is 317 g/mol. The molecule has 0 atom stereocenters. The predicted molar refractivity (Wildman–Crippen MR) is 94.4 cm³/mol. The van der Waals surface area contributed by atoms with Crippen LogP contribution >= 0.6 is 0 Å². The largest absolute Gasteiger partial charge is 0.394 e. The van der Waals surface area contributed by atoms with Crippen LogP contribution in [0.25, 0.3) is 0 Å². The van der Waals surface area contributed by atoms with Crippen molar-refractivity contribution in [2.75, 3.05) is 33.0 Å². The minimum atomic E-state index is 0.0961. The Labute approximate surface area is 138 Å². The Kier molecular flexibility index (Phi) is 20.8. The van der Waals surface area contributed by atoms with E-state index in [2.05, 4.69) is 6.92 Å². The molecule has 0 saturated carbocycles. The van der Waals surface area contributed by atoms with Gasteiger partial charge in [0.25, 0.3) is 0 Å². The summed E-state index contributed by atoms with van der Waals surface area (Å²) >= 11 is 0. The lowest BCUT2D eigenvalue weighted by Gasteiger charge is -2.05. The van der Waals surface area contributed by atoms with Gasteiger partial charge >= 0.3 is 0 Å². The maximum atomic E-state index is 8.54. The number of unbranched alkanes of at least 4 members (excludes halogenated alkanes) is 12. The first-order valence-corrected chi connectivity index (χ1v) is 9.68. The molecule has 0 unspecified atom stereocenters. The Morgan fingerprint density at radius 3 is 1.36 bits per heavy atom. The minimum Gasteiger partial charge on any atom is -0.394 e. The van der Waals surface area contributed by atoms with Crippen molar-refractivity contribution in [1.29, 1.82) is 0 Å². The molecule has 0 aliphatic heterocycles. The van der Waals surface area contributed by atoms with Crippen molar-refractivity contribution in [2.45, 2.75) is 90.4 Å². The molecule has 1 N–H and O–H groups in total. The number of hydrogen-bond donors (Lipinski definition) is 1. The van der Waals surface area contributed by atoms with Gasteiger partial charge in [0.1, 0.15) is 0 Å². The van der Waals surface area contributed by atoms with Crippen LogP contribution in [0.3, 0.4) is 0 Å². The van der Waals surface area contributed by atoms with Crippen molar-refractivity contribution < 1.29 is 14.6 Å². The van der Waals surface area contributed by atoms with Gasteiger partial charge in [0, 0.05) is 6.61 Å². The normalized spacial score (nSPS) is 11.2. The first-order chi connectivity index (χ1) is 10.9. The molecule has 0 aromatic rings. The highest BCUT2D eigenvalue weighted by Gasteiger charge is 1.94. The first kappa shape index (κ1) is 21.9. The highest BCUT2D eigenvalue weighted by atomic mass is 16.5. The second-order valence-corrected chi connectivity index (χ2v) is 6.19. The molecule has 0 fully saturated rings. The smallest absolute Gasteiger partial charge is 0.0701 e. The zero-order valence-corrected chi connectivity index (χ0v) is 15.0. The lowest BCUT2D eigenvalue weighted by molar-refractivity contribution is 0.0321. The van der Waals surface area contributed by atoms with E-state index in [9.17, 15) is 0 Å². The van der Waals surface area contributed by atoms with Gasteiger partial charge in [0.05, 0.1) is 26.4 Å². The Morgan fingerprint density at radius 1 is 0.500 bits per heavy atom. The summed E-state index contributed by atoms with van der Waals surface area (Å²) in [6, 6.07) is 0. The van der Waals surface area contributed by atoms with Crippen LogP contribution in [0.5, 0.6) is 0 Å². The number of rotatable bonds is 19. The van der Waals surface area contributed by atoms with Crippen molar-refractivity contribution >= 4 is 0 Å². The Balaban J connectivity index is 2.91. The fraction of sp³-hybridized carbons (Fsp3) is 1.00. The number of aliphatic hydroxyl groups is 1. The van der Waals surface area contributed by atoms with Crippen molar-refractivity contribution in [3.63, 3.8) is 0 Å². The molecule has 0 rings (SSSR count). The van der Waals surface area contributed by atoms with Gasteiger partial charge in [-0.3, -0.25) is 0 Å². The van der Waals surface area contributed by atoms with Gasteiger partial charge in [0.2, 0.25) is 0 Å². The predicted octanol–water partition coefficient (Wildman–Crippen LogP) is 5.10. The lowest BCUT2D eigenvalue weighted by atomic mass is 10.0. The second-order valence-electron chi connectivity index (χ2n) is 6.19. The average Bonchev–Trinajstić information content (AvgIpc) is 2.54. The van der Waals surface area contributed by atoms with E-state index in [4.69, 9.17) is 14.6 Å². The van der Waals surface area contributed by atoms with E-state index in [1.54, 1.807) is 0 Å². The zero-order chi connectivity index (χ0) is 16.1. The molecule has 0 heterocycles. The maximum absolute atomic E-state index is 8.54. The van der Waals surface area contributed by atoms with Crippen LogP contribution in [0.4, 0.5) is 0 Å². The highest BCUT2D eigenvalue weighted by molar-refractivity contribution is 4.49. The number of hydrogen-bond acceptors (Lipinski definition) is 3. The van der Waals surface area contributed by atoms with Gasteiger partial charge in [-0.2, -0.15) is 0 Å². The number of aliphatic hydroxyl groups excluding tert-OH is 1. The molecule has 0 aliphatic rings. The van der Waals surface area contributed by atoms with Crippen LogP contribution in [0, 0.1) is 0 Å². The van der Waals surface area contributed by atoms with Crippen LogP contribution in [-0.2, 0) is 9.47 Å². The minimum absolute atomic E-state index is 0.0961. The van der Waals surface area contributed by atoms with E-state index in [0.717, 1.165) is 13.0 Å². The van der Waals surface area contributed by atoms with E-state index < -0.39 is 0 Å². The van der Waals surface area contributed by atoms with Crippen LogP contribution in [0.1, 0.15) is 90.4 Å².